The minimum atomic E-state index is -0.310. The summed E-state index contributed by atoms with van der Waals surface area (Å²) in [7, 11) is 0. The molecule has 0 fully saturated rings. The van der Waals surface area contributed by atoms with E-state index in [4.69, 9.17) is 17.3 Å². The summed E-state index contributed by atoms with van der Waals surface area (Å²) < 4.78 is 13.3. The maximum atomic E-state index is 13.3. The first-order chi connectivity index (χ1) is 9.69. The lowest BCUT2D eigenvalue weighted by Gasteiger charge is -2.10. The molecule has 0 aliphatic carbocycles. The number of pyridine rings is 1. The van der Waals surface area contributed by atoms with Crippen LogP contribution < -0.4 is 5.73 Å². The van der Waals surface area contributed by atoms with Crippen LogP contribution in [0.15, 0.2) is 48.5 Å². The summed E-state index contributed by atoms with van der Waals surface area (Å²) in [6.45, 7) is 0.348. The highest BCUT2D eigenvalue weighted by atomic mass is 35.5. The average Bonchev–Trinajstić information content (AvgIpc) is 2.46. The fourth-order valence-corrected chi connectivity index (χ4v) is 2.45. The normalized spacial score (nSPS) is 10.9. The van der Waals surface area contributed by atoms with E-state index in [0.29, 0.717) is 22.8 Å². The summed E-state index contributed by atoms with van der Waals surface area (Å²) in [5.41, 5.74) is 8.79. The van der Waals surface area contributed by atoms with Crippen molar-refractivity contribution in [1.29, 1.82) is 0 Å². The Morgan fingerprint density at radius 2 is 1.90 bits per heavy atom. The molecule has 0 amide bonds. The van der Waals surface area contributed by atoms with E-state index in [1.807, 2.05) is 24.3 Å². The van der Waals surface area contributed by atoms with Crippen molar-refractivity contribution < 1.29 is 4.39 Å². The van der Waals surface area contributed by atoms with Crippen molar-refractivity contribution in [3.63, 3.8) is 0 Å². The van der Waals surface area contributed by atoms with Gasteiger partial charge in [-0.3, -0.25) is 0 Å². The fourth-order valence-electron chi connectivity index (χ4n) is 2.23. The van der Waals surface area contributed by atoms with Crippen LogP contribution in [0.25, 0.3) is 22.2 Å². The molecule has 2 aromatic carbocycles. The second kappa shape index (κ2) is 5.19. The Kier molecular flexibility index (Phi) is 3.38. The van der Waals surface area contributed by atoms with Crippen LogP contribution >= 0.6 is 11.6 Å². The van der Waals surface area contributed by atoms with Crippen molar-refractivity contribution in [3.8, 4) is 11.3 Å². The molecule has 1 heterocycles. The van der Waals surface area contributed by atoms with Crippen LogP contribution in [0.4, 0.5) is 4.39 Å². The van der Waals surface area contributed by atoms with Crippen LogP contribution in [-0.4, -0.2) is 4.98 Å². The van der Waals surface area contributed by atoms with Gasteiger partial charge < -0.3 is 5.73 Å². The molecule has 100 valence electrons. The van der Waals surface area contributed by atoms with Crippen LogP contribution in [0.3, 0.4) is 0 Å². The van der Waals surface area contributed by atoms with E-state index in [-0.39, 0.29) is 5.82 Å². The van der Waals surface area contributed by atoms with Gasteiger partial charge in [0.15, 0.2) is 0 Å². The summed E-state index contributed by atoms with van der Waals surface area (Å²) in [6, 6.07) is 13.9. The van der Waals surface area contributed by atoms with Crippen LogP contribution in [0.1, 0.15) is 5.56 Å². The number of nitrogens with two attached hydrogens (primary N) is 1. The lowest BCUT2D eigenvalue weighted by Crippen LogP contribution is -2.02. The molecule has 0 spiro atoms. The lowest BCUT2D eigenvalue weighted by molar-refractivity contribution is 0.629. The SMILES string of the molecule is NCc1cc2ccc(F)cc2nc1-c1ccccc1Cl. The summed E-state index contributed by atoms with van der Waals surface area (Å²) in [4.78, 5) is 4.53. The first-order valence-electron chi connectivity index (χ1n) is 6.23. The van der Waals surface area contributed by atoms with Crippen LogP contribution in [0.5, 0.6) is 0 Å². The van der Waals surface area contributed by atoms with E-state index in [1.54, 1.807) is 12.1 Å². The highest BCUT2D eigenvalue weighted by molar-refractivity contribution is 6.33. The Bertz CT molecular complexity index is 787. The van der Waals surface area contributed by atoms with Crippen LogP contribution in [0.2, 0.25) is 5.02 Å². The molecule has 20 heavy (non-hydrogen) atoms. The van der Waals surface area contributed by atoms with E-state index in [9.17, 15) is 4.39 Å². The smallest absolute Gasteiger partial charge is 0.125 e. The molecule has 1 aromatic heterocycles. The predicted molar refractivity (Wildman–Crippen MR) is 80.0 cm³/mol. The number of aromatic nitrogens is 1. The Labute approximate surface area is 121 Å². The van der Waals surface area contributed by atoms with Gasteiger partial charge in [0.25, 0.3) is 0 Å². The highest BCUT2D eigenvalue weighted by Gasteiger charge is 2.11. The zero-order chi connectivity index (χ0) is 14.1. The first-order valence-corrected chi connectivity index (χ1v) is 6.61. The molecule has 0 saturated carbocycles. The third-order valence-corrected chi connectivity index (χ3v) is 3.54. The van der Waals surface area contributed by atoms with Gasteiger partial charge in [0.05, 0.1) is 11.2 Å². The molecular weight excluding hydrogens is 275 g/mol. The van der Waals surface area contributed by atoms with E-state index in [1.165, 1.54) is 12.1 Å². The molecule has 0 bridgehead atoms. The molecule has 4 heteroatoms. The first kappa shape index (κ1) is 13.0. The number of hydrogen-bond acceptors (Lipinski definition) is 2. The maximum Gasteiger partial charge on any atom is 0.125 e. The van der Waals surface area contributed by atoms with Crippen molar-refractivity contribution >= 4 is 22.5 Å². The second-order valence-electron chi connectivity index (χ2n) is 4.52. The van der Waals surface area contributed by atoms with Crippen LogP contribution in [0, 0.1) is 5.82 Å². The molecule has 0 saturated heterocycles. The monoisotopic (exact) mass is 286 g/mol. The fraction of sp³-hybridized carbons (Fsp3) is 0.0625. The number of fused-ring (bicyclic) bond motifs is 1. The molecule has 0 atom stereocenters. The Morgan fingerprint density at radius 1 is 1.10 bits per heavy atom. The summed E-state index contributed by atoms with van der Waals surface area (Å²) in [6.07, 6.45) is 0. The van der Waals surface area contributed by atoms with Crippen molar-refractivity contribution in [1.82, 2.24) is 4.98 Å². The third kappa shape index (κ3) is 2.26. The van der Waals surface area contributed by atoms with E-state index < -0.39 is 0 Å². The zero-order valence-corrected chi connectivity index (χ0v) is 11.4. The molecule has 0 radical (unpaired) electrons. The highest BCUT2D eigenvalue weighted by Crippen LogP contribution is 2.30. The number of nitrogens with zero attached hydrogens (tertiary/aromatic N) is 1. The van der Waals surface area contributed by atoms with Crippen LogP contribution in [-0.2, 0) is 6.54 Å². The zero-order valence-electron chi connectivity index (χ0n) is 10.6. The number of halogens is 2. The topological polar surface area (TPSA) is 38.9 Å². The molecule has 2 nitrogen and oxygen atoms in total. The average molecular weight is 287 g/mol. The van der Waals surface area contributed by atoms with Crippen molar-refractivity contribution in [2.75, 3.05) is 0 Å². The van der Waals surface area contributed by atoms with Gasteiger partial charge in [-0.1, -0.05) is 29.8 Å². The summed E-state index contributed by atoms with van der Waals surface area (Å²) in [5.74, 6) is -0.310. The molecular formula is C16H12ClFN2. The molecule has 3 aromatic rings. The molecule has 0 aliphatic rings. The van der Waals surface area contributed by atoms with Crippen molar-refractivity contribution in [2.24, 2.45) is 5.73 Å². The molecule has 2 N–H and O–H groups in total. The number of benzene rings is 2. The van der Waals surface area contributed by atoms with E-state index >= 15 is 0 Å². The summed E-state index contributed by atoms with van der Waals surface area (Å²) >= 11 is 6.22. The van der Waals surface area contributed by atoms with Gasteiger partial charge in [-0.2, -0.15) is 0 Å². The maximum absolute atomic E-state index is 13.3. The minimum Gasteiger partial charge on any atom is -0.326 e. The van der Waals surface area contributed by atoms with E-state index in [0.717, 1.165) is 16.5 Å². The van der Waals surface area contributed by atoms with Gasteiger partial charge >= 0.3 is 0 Å². The summed E-state index contributed by atoms with van der Waals surface area (Å²) in [5, 5.41) is 1.47. The quantitative estimate of drug-likeness (QED) is 0.768. The van der Waals surface area contributed by atoms with Gasteiger partial charge in [-0.15, -0.1) is 0 Å². The van der Waals surface area contributed by atoms with Crippen molar-refractivity contribution in [2.45, 2.75) is 6.54 Å². The lowest BCUT2D eigenvalue weighted by atomic mass is 10.0. The Balaban J connectivity index is 2.31. The van der Waals surface area contributed by atoms with Gasteiger partial charge in [-0.05, 0) is 29.8 Å². The number of rotatable bonds is 2. The van der Waals surface area contributed by atoms with Gasteiger partial charge in [0.2, 0.25) is 0 Å². The van der Waals surface area contributed by atoms with Gasteiger partial charge in [0, 0.05) is 28.6 Å². The third-order valence-electron chi connectivity index (χ3n) is 3.21. The molecule has 0 aliphatic heterocycles. The Morgan fingerprint density at radius 3 is 2.65 bits per heavy atom. The molecule has 0 unspecified atom stereocenters. The largest absolute Gasteiger partial charge is 0.326 e. The van der Waals surface area contributed by atoms with Gasteiger partial charge in [0.1, 0.15) is 5.82 Å². The second-order valence-corrected chi connectivity index (χ2v) is 4.92. The number of hydrogen-bond donors (Lipinski definition) is 1. The standard InChI is InChI=1S/C16H12ClFN2/c17-14-4-2-1-3-13(14)16-11(9-19)7-10-5-6-12(18)8-15(10)20-16/h1-8H,9,19H2. The van der Waals surface area contributed by atoms with E-state index in [2.05, 4.69) is 4.98 Å². The predicted octanol–water partition coefficient (Wildman–Crippen LogP) is 4.15. The molecule has 3 rings (SSSR count). The Hall–Kier alpha value is -1.97. The van der Waals surface area contributed by atoms with Gasteiger partial charge in [-0.25, -0.2) is 9.37 Å². The minimum absolute atomic E-state index is 0.310. The van der Waals surface area contributed by atoms with Crippen molar-refractivity contribution in [3.05, 3.63) is 64.9 Å².